The Morgan fingerprint density at radius 2 is 1.60 bits per heavy atom. The van der Waals surface area contributed by atoms with Crippen molar-refractivity contribution < 1.29 is 5.11 Å². The summed E-state index contributed by atoms with van der Waals surface area (Å²) in [6, 6.07) is 9.52. The summed E-state index contributed by atoms with van der Waals surface area (Å²) in [5.74, 6) is 0. The second kappa shape index (κ2) is 7.55. The molecule has 0 bridgehead atoms. The van der Waals surface area contributed by atoms with Gasteiger partial charge in [-0.1, -0.05) is 30.3 Å². The number of aliphatic hydroxyl groups is 1. The molecule has 0 heterocycles. The molecule has 1 aromatic carbocycles. The van der Waals surface area contributed by atoms with E-state index < -0.39 is 0 Å². The number of rotatable bonds is 1. The number of hydrogen-bond donors (Lipinski definition) is 1. The van der Waals surface area contributed by atoms with Crippen molar-refractivity contribution >= 4 is 41.3 Å². The third-order valence-electron chi connectivity index (χ3n) is 1.03. The Morgan fingerprint density at radius 3 is 1.90 bits per heavy atom. The highest BCUT2D eigenvalue weighted by Crippen LogP contribution is 1.95. The van der Waals surface area contributed by atoms with E-state index in [1.165, 1.54) is 0 Å². The van der Waals surface area contributed by atoms with Crippen LogP contribution in [-0.4, -0.2) is 22.5 Å². The zero-order valence-corrected chi connectivity index (χ0v) is 7.28. The zero-order chi connectivity index (χ0) is 5.82. The van der Waals surface area contributed by atoms with E-state index in [0.29, 0.717) is 0 Å². The van der Waals surface area contributed by atoms with E-state index in [1.54, 1.807) is 0 Å². The van der Waals surface area contributed by atoms with Crippen LogP contribution < -0.4 is 0 Å². The quantitative estimate of drug-likeness (QED) is 0.583. The van der Waals surface area contributed by atoms with Crippen molar-refractivity contribution in [1.29, 1.82) is 0 Å². The predicted octanol–water partition coefficient (Wildman–Crippen LogP) is 0.613. The van der Waals surface area contributed by atoms with Crippen molar-refractivity contribution in [2.75, 3.05) is 0 Å². The average molecular weight is 266 g/mol. The molecule has 56 valence electrons. The van der Waals surface area contributed by atoms with Crippen molar-refractivity contribution in [3.63, 3.8) is 0 Å². The Kier molecular flexibility index (Phi) is 9.86. The van der Waals surface area contributed by atoms with Gasteiger partial charge in [0.05, 0.1) is 6.61 Å². The fraction of sp³-hybridized carbons (Fsp3) is 0.143. The van der Waals surface area contributed by atoms with E-state index in [9.17, 15) is 0 Å². The second-order valence-electron chi connectivity index (χ2n) is 1.64. The first-order valence-electron chi connectivity index (χ1n) is 2.58. The summed E-state index contributed by atoms with van der Waals surface area (Å²) in [5, 5.41) is 8.54. The van der Waals surface area contributed by atoms with E-state index in [1.807, 2.05) is 30.3 Å². The van der Waals surface area contributed by atoms with Gasteiger partial charge in [0.2, 0.25) is 0 Å². The maximum Gasteiger partial charge on any atom is 0.187 e. The molecule has 0 radical (unpaired) electrons. The summed E-state index contributed by atoms with van der Waals surface area (Å²) in [5.41, 5.74) is 0.965. The smallest absolute Gasteiger partial charge is 0.187 e. The first kappa shape index (κ1) is 13.1. The molecule has 1 N–H and O–H groups in total. The van der Waals surface area contributed by atoms with E-state index in [0.717, 1.165) is 5.56 Å². The zero-order valence-electron chi connectivity index (χ0n) is 4.95. The minimum absolute atomic E-state index is 0. The molecule has 0 saturated carbocycles. The third kappa shape index (κ3) is 4.29. The maximum absolute atomic E-state index is 8.54. The summed E-state index contributed by atoms with van der Waals surface area (Å²) in [6.45, 7) is 0.140. The molecule has 0 aliphatic heterocycles. The minimum Gasteiger partial charge on any atom is -0.392 e. The largest absolute Gasteiger partial charge is 0.392 e. The van der Waals surface area contributed by atoms with Crippen LogP contribution in [0.5, 0.6) is 0 Å². The second-order valence-corrected chi connectivity index (χ2v) is 1.64. The van der Waals surface area contributed by atoms with Crippen molar-refractivity contribution in [3.05, 3.63) is 35.9 Å². The highest BCUT2D eigenvalue weighted by atomic mass is 127. The van der Waals surface area contributed by atoms with Crippen molar-refractivity contribution in [3.8, 4) is 0 Å². The SMILES string of the molecule is I.OCc1ccccc1.[AlH3]. The Hall–Kier alpha value is 0.442. The highest BCUT2D eigenvalue weighted by Gasteiger charge is 1.81. The fourth-order valence-electron chi connectivity index (χ4n) is 0.583. The van der Waals surface area contributed by atoms with Crippen LogP contribution in [0.15, 0.2) is 30.3 Å². The summed E-state index contributed by atoms with van der Waals surface area (Å²) < 4.78 is 0. The first-order valence-corrected chi connectivity index (χ1v) is 2.58. The van der Waals surface area contributed by atoms with Crippen molar-refractivity contribution in [2.45, 2.75) is 6.61 Å². The number of aliphatic hydroxyl groups excluding tert-OH is 1. The highest BCUT2D eigenvalue weighted by molar-refractivity contribution is 14.0. The molecule has 0 fully saturated rings. The van der Waals surface area contributed by atoms with Gasteiger partial charge >= 0.3 is 0 Å². The van der Waals surface area contributed by atoms with Crippen LogP contribution in [0, 0.1) is 0 Å². The lowest BCUT2D eigenvalue weighted by Crippen LogP contribution is -1.77. The minimum atomic E-state index is 0. The monoisotopic (exact) mass is 266 g/mol. The van der Waals surface area contributed by atoms with Gasteiger partial charge in [-0.3, -0.25) is 0 Å². The van der Waals surface area contributed by atoms with Gasteiger partial charge in [-0.05, 0) is 5.56 Å². The average Bonchev–Trinajstić information content (AvgIpc) is 1.90. The Balaban J connectivity index is 0. The molecule has 0 spiro atoms. The molecule has 0 aliphatic carbocycles. The lowest BCUT2D eigenvalue weighted by Gasteiger charge is -1.89. The van der Waals surface area contributed by atoms with Crippen LogP contribution in [0.25, 0.3) is 0 Å². The summed E-state index contributed by atoms with van der Waals surface area (Å²) in [4.78, 5) is 0. The molecular formula is C7H12AlIO. The van der Waals surface area contributed by atoms with Gasteiger partial charge in [0.15, 0.2) is 17.4 Å². The summed E-state index contributed by atoms with van der Waals surface area (Å²) in [7, 11) is 0. The molecular weight excluding hydrogens is 254 g/mol. The Morgan fingerprint density at radius 1 is 1.10 bits per heavy atom. The van der Waals surface area contributed by atoms with Gasteiger partial charge in [0, 0.05) is 0 Å². The molecule has 1 nitrogen and oxygen atoms in total. The van der Waals surface area contributed by atoms with Gasteiger partial charge in [-0.2, -0.15) is 0 Å². The summed E-state index contributed by atoms with van der Waals surface area (Å²) in [6.07, 6.45) is 0. The maximum atomic E-state index is 8.54. The van der Waals surface area contributed by atoms with Crippen LogP contribution in [0.1, 0.15) is 5.56 Å². The molecule has 3 heteroatoms. The number of halogens is 1. The van der Waals surface area contributed by atoms with Crippen LogP contribution in [0.2, 0.25) is 0 Å². The molecule has 0 saturated heterocycles. The van der Waals surface area contributed by atoms with Crippen molar-refractivity contribution in [1.82, 2.24) is 0 Å². The van der Waals surface area contributed by atoms with Crippen LogP contribution in [-0.2, 0) is 6.61 Å². The van der Waals surface area contributed by atoms with E-state index >= 15 is 0 Å². The van der Waals surface area contributed by atoms with Gasteiger partial charge < -0.3 is 5.11 Å². The van der Waals surface area contributed by atoms with Gasteiger partial charge in [0.25, 0.3) is 0 Å². The Labute approximate surface area is 88.6 Å². The number of benzene rings is 1. The molecule has 0 atom stereocenters. The van der Waals surface area contributed by atoms with Crippen LogP contribution in [0.3, 0.4) is 0 Å². The standard InChI is InChI=1S/C7H8O.Al.HI.3H/c8-6-7-4-2-1-3-5-7;;;;;/h1-5,8H,6H2;;1H;;;. The van der Waals surface area contributed by atoms with Crippen LogP contribution >= 0.6 is 24.0 Å². The molecule has 0 unspecified atom stereocenters. The van der Waals surface area contributed by atoms with E-state index in [-0.39, 0.29) is 47.9 Å². The molecule has 0 aliphatic rings. The molecule has 1 aromatic rings. The Bertz CT molecular complexity index is 155. The third-order valence-corrected chi connectivity index (χ3v) is 1.03. The van der Waals surface area contributed by atoms with Gasteiger partial charge in [0.1, 0.15) is 0 Å². The molecule has 10 heavy (non-hydrogen) atoms. The molecule has 0 amide bonds. The van der Waals surface area contributed by atoms with E-state index in [4.69, 9.17) is 5.11 Å². The van der Waals surface area contributed by atoms with E-state index in [2.05, 4.69) is 0 Å². The lowest BCUT2D eigenvalue weighted by molar-refractivity contribution is 0.282. The van der Waals surface area contributed by atoms with Gasteiger partial charge in [-0.25, -0.2) is 0 Å². The number of hydrogen-bond acceptors (Lipinski definition) is 1. The molecule has 1 rings (SSSR count). The normalized spacial score (nSPS) is 7.30. The fourth-order valence-corrected chi connectivity index (χ4v) is 0.583. The van der Waals surface area contributed by atoms with Crippen molar-refractivity contribution in [2.24, 2.45) is 0 Å². The first-order chi connectivity index (χ1) is 3.93. The van der Waals surface area contributed by atoms with Crippen LogP contribution in [0.4, 0.5) is 0 Å². The topological polar surface area (TPSA) is 20.2 Å². The summed E-state index contributed by atoms with van der Waals surface area (Å²) >= 11 is 0. The lowest BCUT2D eigenvalue weighted by atomic mass is 10.2. The molecule has 0 aromatic heterocycles. The van der Waals surface area contributed by atoms with Gasteiger partial charge in [-0.15, -0.1) is 24.0 Å². The predicted molar refractivity (Wildman–Crippen MR) is 57.7 cm³/mol.